The van der Waals surface area contributed by atoms with Crippen molar-refractivity contribution in [2.24, 2.45) is 23.5 Å². The third-order valence-electron chi connectivity index (χ3n) is 4.92. The van der Waals surface area contributed by atoms with Crippen LogP contribution in [0.1, 0.15) is 46.0 Å². The smallest absolute Gasteiger partial charge is 0.225 e. The van der Waals surface area contributed by atoms with Gasteiger partial charge in [-0.3, -0.25) is 4.79 Å². The summed E-state index contributed by atoms with van der Waals surface area (Å²) < 4.78 is 5.37. The first-order valence-corrected chi connectivity index (χ1v) is 7.73. The minimum absolute atomic E-state index is 0.00367. The summed E-state index contributed by atoms with van der Waals surface area (Å²) in [7, 11) is 0. The summed E-state index contributed by atoms with van der Waals surface area (Å²) in [5.74, 6) is 1.12. The lowest BCUT2D eigenvalue weighted by molar-refractivity contribution is -0.129. The molecule has 19 heavy (non-hydrogen) atoms. The van der Waals surface area contributed by atoms with Crippen LogP contribution >= 0.6 is 0 Å². The number of nitrogens with two attached hydrogens (primary N) is 1. The quantitative estimate of drug-likeness (QED) is 0.818. The fourth-order valence-corrected chi connectivity index (χ4v) is 3.56. The van der Waals surface area contributed by atoms with Gasteiger partial charge in [0.25, 0.3) is 0 Å². The molecule has 4 nitrogen and oxygen atoms in total. The van der Waals surface area contributed by atoms with Gasteiger partial charge < -0.3 is 15.8 Å². The van der Waals surface area contributed by atoms with Crippen molar-refractivity contribution in [1.29, 1.82) is 0 Å². The average molecular weight is 268 g/mol. The standard InChI is InChI=1S/C15H28N2O2/c1-10-4-3-5-13(16)14(10)15(18)17-11(2)12-6-8-19-9-7-12/h10-14H,3-9,16H2,1-2H3,(H,17,18). The highest BCUT2D eigenvalue weighted by atomic mass is 16.5. The van der Waals surface area contributed by atoms with Gasteiger partial charge in [-0.15, -0.1) is 0 Å². The molecule has 4 atom stereocenters. The van der Waals surface area contributed by atoms with E-state index in [1.165, 1.54) is 0 Å². The molecule has 1 saturated carbocycles. The lowest BCUT2D eigenvalue weighted by atomic mass is 9.76. The zero-order valence-corrected chi connectivity index (χ0v) is 12.2. The van der Waals surface area contributed by atoms with E-state index in [4.69, 9.17) is 10.5 Å². The first kappa shape index (κ1) is 14.8. The lowest BCUT2D eigenvalue weighted by Gasteiger charge is -2.35. The summed E-state index contributed by atoms with van der Waals surface area (Å²) in [4.78, 5) is 12.4. The Labute approximate surface area is 116 Å². The molecule has 2 fully saturated rings. The zero-order valence-electron chi connectivity index (χ0n) is 12.2. The minimum atomic E-state index is -0.00367. The van der Waals surface area contributed by atoms with Crippen molar-refractivity contribution in [3.63, 3.8) is 0 Å². The van der Waals surface area contributed by atoms with E-state index < -0.39 is 0 Å². The van der Waals surface area contributed by atoms with Crippen LogP contribution in [0.3, 0.4) is 0 Å². The molecular weight excluding hydrogens is 240 g/mol. The van der Waals surface area contributed by atoms with Gasteiger partial charge in [0.2, 0.25) is 5.91 Å². The van der Waals surface area contributed by atoms with Gasteiger partial charge in [0.15, 0.2) is 0 Å². The molecule has 3 N–H and O–H groups in total. The van der Waals surface area contributed by atoms with E-state index in [0.29, 0.717) is 11.8 Å². The molecule has 0 radical (unpaired) electrons. The summed E-state index contributed by atoms with van der Waals surface area (Å²) in [6.07, 6.45) is 5.36. The second kappa shape index (κ2) is 6.71. The number of ether oxygens (including phenoxy) is 1. The molecule has 1 aliphatic carbocycles. The van der Waals surface area contributed by atoms with Gasteiger partial charge in [-0.25, -0.2) is 0 Å². The van der Waals surface area contributed by atoms with Crippen LogP contribution in [0.15, 0.2) is 0 Å². The predicted molar refractivity (Wildman–Crippen MR) is 75.6 cm³/mol. The Morgan fingerprint density at radius 2 is 1.95 bits per heavy atom. The van der Waals surface area contributed by atoms with E-state index in [0.717, 1.165) is 45.3 Å². The number of hydrogen-bond donors (Lipinski definition) is 2. The number of hydrogen-bond acceptors (Lipinski definition) is 3. The van der Waals surface area contributed by atoms with Crippen LogP contribution in [0.5, 0.6) is 0 Å². The Morgan fingerprint density at radius 1 is 1.26 bits per heavy atom. The highest BCUT2D eigenvalue weighted by Crippen LogP contribution is 2.29. The molecular formula is C15H28N2O2. The second-order valence-corrected chi connectivity index (χ2v) is 6.34. The molecule has 110 valence electrons. The van der Waals surface area contributed by atoms with Gasteiger partial charge in [-0.2, -0.15) is 0 Å². The maximum Gasteiger partial charge on any atom is 0.225 e. The number of nitrogens with one attached hydrogen (secondary N) is 1. The van der Waals surface area contributed by atoms with E-state index in [-0.39, 0.29) is 23.9 Å². The molecule has 2 rings (SSSR count). The molecule has 1 saturated heterocycles. The van der Waals surface area contributed by atoms with Crippen LogP contribution in [0.2, 0.25) is 0 Å². The van der Waals surface area contributed by atoms with Crippen molar-refractivity contribution < 1.29 is 9.53 Å². The van der Waals surface area contributed by atoms with E-state index in [1.54, 1.807) is 0 Å². The van der Waals surface area contributed by atoms with Gasteiger partial charge in [-0.05, 0) is 44.4 Å². The van der Waals surface area contributed by atoms with Crippen molar-refractivity contribution in [2.75, 3.05) is 13.2 Å². The van der Waals surface area contributed by atoms with Crippen molar-refractivity contribution in [3.8, 4) is 0 Å². The van der Waals surface area contributed by atoms with Crippen LogP contribution in [0.4, 0.5) is 0 Å². The maximum absolute atomic E-state index is 12.4. The van der Waals surface area contributed by atoms with Crippen LogP contribution < -0.4 is 11.1 Å². The summed E-state index contributed by atoms with van der Waals surface area (Å²) in [6, 6.07) is 0.267. The number of carbonyl (C=O) groups is 1. The summed E-state index contributed by atoms with van der Waals surface area (Å²) in [5.41, 5.74) is 6.14. The van der Waals surface area contributed by atoms with E-state index >= 15 is 0 Å². The van der Waals surface area contributed by atoms with Crippen LogP contribution in [0, 0.1) is 17.8 Å². The number of amides is 1. The van der Waals surface area contributed by atoms with Crippen LogP contribution in [-0.2, 0) is 9.53 Å². The van der Waals surface area contributed by atoms with Gasteiger partial charge >= 0.3 is 0 Å². The number of carbonyl (C=O) groups excluding carboxylic acids is 1. The third-order valence-corrected chi connectivity index (χ3v) is 4.92. The van der Waals surface area contributed by atoms with Crippen molar-refractivity contribution in [1.82, 2.24) is 5.32 Å². The fourth-order valence-electron chi connectivity index (χ4n) is 3.56. The highest BCUT2D eigenvalue weighted by Gasteiger charge is 2.35. The Bertz CT molecular complexity index is 293. The molecule has 0 aromatic rings. The molecule has 0 aromatic heterocycles. The molecule has 1 heterocycles. The molecule has 0 aromatic carbocycles. The summed E-state index contributed by atoms with van der Waals surface area (Å²) in [5, 5.41) is 3.21. The molecule has 4 unspecified atom stereocenters. The van der Waals surface area contributed by atoms with Crippen molar-refractivity contribution >= 4 is 5.91 Å². The summed E-state index contributed by atoms with van der Waals surface area (Å²) in [6.45, 7) is 5.92. The van der Waals surface area contributed by atoms with Gasteiger partial charge in [0, 0.05) is 25.3 Å². The monoisotopic (exact) mass is 268 g/mol. The largest absolute Gasteiger partial charge is 0.381 e. The highest BCUT2D eigenvalue weighted by molar-refractivity contribution is 5.80. The topological polar surface area (TPSA) is 64.4 Å². The van der Waals surface area contributed by atoms with E-state index in [9.17, 15) is 4.79 Å². The van der Waals surface area contributed by atoms with Gasteiger partial charge in [0.1, 0.15) is 0 Å². The van der Waals surface area contributed by atoms with Gasteiger partial charge in [0.05, 0.1) is 5.92 Å². The molecule has 1 aliphatic heterocycles. The molecule has 2 aliphatic rings. The van der Waals surface area contributed by atoms with E-state index in [2.05, 4.69) is 19.2 Å². The normalized spacial score (nSPS) is 34.8. The van der Waals surface area contributed by atoms with Crippen molar-refractivity contribution in [2.45, 2.75) is 58.0 Å². The Kier molecular flexibility index (Phi) is 5.22. The average Bonchev–Trinajstić information content (AvgIpc) is 2.39. The molecule has 1 amide bonds. The Balaban J connectivity index is 1.88. The first-order chi connectivity index (χ1) is 9.09. The fraction of sp³-hybridized carbons (Fsp3) is 0.933. The lowest BCUT2D eigenvalue weighted by Crippen LogP contribution is -2.51. The Hall–Kier alpha value is -0.610. The predicted octanol–water partition coefficient (Wildman–Crippen LogP) is 1.68. The molecule has 4 heteroatoms. The zero-order chi connectivity index (χ0) is 13.8. The van der Waals surface area contributed by atoms with Crippen LogP contribution in [-0.4, -0.2) is 31.2 Å². The molecule has 0 bridgehead atoms. The van der Waals surface area contributed by atoms with Crippen LogP contribution in [0.25, 0.3) is 0 Å². The number of rotatable bonds is 3. The third kappa shape index (κ3) is 3.69. The molecule has 0 spiro atoms. The summed E-state index contributed by atoms with van der Waals surface area (Å²) >= 11 is 0. The SMILES string of the molecule is CC1CCCC(N)C1C(=O)NC(C)C1CCOCC1. The minimum Gasteiger partial charge on any atom is -0.381 e. The van der Waals surface area contributed by atoms with Gasteiger partial charge in [-0.1, -0.05) is 13.3 Å². The second-order valence-electron chi connectivity index (χ2n) is 6.34. The van der Waals surface area contributed by atoms with E-state index in [1.807, 2.05) is 0 Å². The van der Waals surface area contributed by atoms with Crippen molar-refractivity contribution in [3.05, 3.63) is 0 Å². The maximum atomic E-state index is 12.4. The first-order valence-electron chi connectivity index (χ1n) is 7.73. The Morgan fingerprint density at radius 3 is 2.58 bits per heavy atom.